The van der Waals surface area contributed by atoms with Crippen molar-refractivity contribution in [2.45, 2.75) is 17.7 Å². The second-order valence-corrected chi connectivity index (χ2v) is 7.67. The molecule has 1 saturated heterocycles. The Balaban J connectivity index is 1.38. The number of benzene rings is 1. The zero-order valence-electron chi connectivity index (χ0n) is 14.0. The van der Waals surface area contributed by atoms with Crippen LogP contribution in [0.3, 0.4) is 0 Å². The van der Waals surface area contributed by atoms with Gasteiger partial charge in [0, 0.05) is 17.9 Å². The van der Waals surface area contributed by atoms with Gasteiger partial charge in [-0.25, -0.2) is 0 Å². The quantitative estimate of drug-likeness (QED) is 0.500. The number of imide groups is 1. The van der Waals surface area contributed by atoms with Crippen molar-refractivity contribution in [1.29, 1.82) is 0 Å². The van der Waals surface area contributed by atoms with Crippen molar-refractivity contribution in [3.8, 4) is 0 Å². The molecule has 2 bridgehead atoms. The average molecular weight is 356 g/mol. The molecule has 5 nitrogen and oxygen atoms in total. The third kappa shape index (κ3) is 2.68. The van der Waals surface area contributed by atoms with Gasteiger partial charge in [0.2, 0.25) is 17.7 Å². The fourth-order valence-corrected chi connectivity index (χ4v) is 4.91. The third-order valence-electron chi connectivity index (χ3n) is 5.51. The lowest BCUT2D eigenvalue weighted by Crippen LogP contribution is -2.35. The molecule has 2 aliphatic carbocycles. The van der Waals surface area contributed by atoms with E-state index in [2.05, 4.69) is 17.5 Å². The number of nitrogens with one attached hydrogen (secondary N) is 1. The number of para-hydroxylation sites is 1. The van der Waals surface area contributed by atoms with Crippen LogP contribution in [0, 0.1) is 23.7 Å². The summed E-state index contributed by atoms with van der Waals surface area (Å²) in [5.41, 5.74) is 0.762. The number of carbonyl (C=O) groups is 3. The molecule has 2 fully saturated rings. The number of carbonyl (C=O) groups excluding carboxylic acids is 3. The molecule has 0 aromatic heterocycles. The number of nitrogens with zero attached hydrogens (tertiary/aromatic N) is 1. The maximum Gasteiger partial charge on any atom is 0.233 e. The summed E-state index contributed by atoms with van der Waals surface area (Å²) in [7, 11) is 0. The van der Waals surface area contributed by atoms with Crippen molar-refractivity contribution in [1.82, 2.24) is 4.90 Å². The van der Waals surface area contributed by atoms with Crippen LogP contribution in [0.4, 0.5) is 5.69 Å². The molecular weight excluding hydrogens is 336 g/mol. The molecule has 3 amide bonds. The van der Waals surface area contributed by atoms with Crippen molar-refractivity contribution in [2.75, 3.05) is 18.1 Å². The highest BCUT2D eigenvalue weighted by Crippen LogP contribution is 2.52. The van der Waals surface area contributed by atoms with Crippen molar-refractivity contribution < 1.29 is 14.4 Å². The van der Waals surface area contributed by atoms with Crippen LogP contribution in [0.5, 0.6) is 0 Å². The monoisotopic (exact) mass is 356 g/mol. The lowest BCUT2D eigenvalue weighted by atomic mass is 9.85. The summed E-state index contributed by atoms with van der Waals surface area (Å²) in [5, 5.41) is 2.87. The van der Waals surface area contributed by atoms with Crippen molar-refractivity contribution in [2.24, 2.45) is 23.7 Å². The minimum absolute atomic E-state index is 0.0934. The molecule has 1 aliphatic heterocycles. The Kier molecular flexibility index (Phi) is 4.15. The molecule has 1 saturated carbocycles. The number of likely N-dealkylation sites (tertiary alicyclic amines) is 1. The predicted octanol–water partition coefficient (Wildman–Crippen LogP) is 2.54. The number of allylic oxidation sites excluding steroid dienone is 2. The molecule has 3 aliphatic rings. The zero-order chi connectivity index (χ0) is 17.6. The molecule has 1 aromatic carbocycles. The fourth-order valence-electron chi connectivity index (χ4n) is 4.36. The second-order valence-electron chi connectivity index (χ2n) is 6.83. The standard InChI is InChI=1S/C19H20N2O3S/c1-25-14-5-3-2-4-13(14)20-15(22)8-9-21-18(23)16-11-6-7-12(10-11)17(16)19(21)24/h2-7,11-12,16-17H,8-10H2,1H3,(H,20,22). The lowest BCUT2D eigenvalue weighted by molar-refractivity contribution is -0.140. The maximum absolute atomic E-state index is 12.6. The van der Waals surface area contributed by atoms with Gasteiger partial charge in [-0.2, -0.15) is 0 Å². The Morgan fingerprint density at radius 2 is 1.80 bits per heavy atom. The number of anilines is 1. The van der Waals surface area contributed by atoms with Gasteiger partial charge in [-0.1, -0.05) is 24.3 Å². The maximum atomic E-state index is 12.6. The third-order valence-corrected chi connectivity index (χ3v) is 6.30. The zero-order valence-corrected chi connectivity index (χ0v) is 14.8. The van der Waals surface area contributed by atoms with Gasteiger partial charge in [-0.05, 0) is 36.6 Å². The summed E-state index contributed by atoms with van der Waals surface area (Å²) < 4.78 is 0. The van der Waals surface area contributed by atoms with E-state index in [1.165, 1.54) is 4.90 Å². The van der Waals surface area contributed by atoms with Gasteiger partial charge in [0.1, 0.15) is 0 Å². The van der Waals surface area contributed by atoms with Crippen LogP contribution >= 0.6 is 11.8 Å². The number of hydrogen-bond acceptors (Lipinski definition) is 4. The first-order valence-corrected chi connectivity index (χ1v) is 9.79. The minimum atomic E-state index is -0.192. The highest BCUT2D eigenvalue weighted by molar-refractivity contribution is 7.98. The molecule has 1 aromatic rings. The van der Waals surface area contributed by atoms with E-state index < -0.39 is 0 Å². The second kappa shape index (κ2) is 6.33. The van der Waals surface area contributed by atoms with Gasteiger partial charge in [-0.15, -0.1) is 11.8 Å². The van der Waals surface area contributed by atoms with E-state index in [1.54, 1.807) is 11.8 Å². The normalized spacial score (nSPS) is 29.4. The molecule has 6 heteroatoms. The van der Waals surface area contributed by atoms with Gasteiger partial charge < -0.3 is 5.32 Å². The number of rotatable bonds is 5. The van der Waals surface area contributed by atoms with Gasteiger partial charge in [0.15, 0.2) is 0 Å². The van der Waals surface area contributed by atoms with E-state index >= 15 is 0 Å². The Hall–Kier alpha value is -2.08. The molecule has 0 radical (unpaired) electrons. The number of thioether (sulfide) groups is 1. The van der Waals surface area contributed by atoms with E-state index in [-0.39, 0.29) is 54.4 Å². The van der Waals surface area contributed by atoms with Crippen LogP contribution in [0.25, 0.3) is 0 Å². The van der Waals surface area contributed by atoms with E-state index in [9.17, 15) is 14.4 Å². The highest BCUT2D eigenvalue weighted by atomic mass is 32.2. The smallest absolute Gasteiger partial charge is 0.233 e. The predicted molar refractivity (Wildman–Crippen MR) is 95.9 cm³/mol. The molecule has 25 heavy (non-hydrogen) atoms. The Bertz CT molecular complexity index is 746. The molecular formula is C19H20N2O3S. The Morgan fingerprint density at radius 1 is 1.16 bits per heavy atom. The summed E-state index contributed by atoms with van der Waals surface area (Å²) >= 11 is 1.56. The largest absolute Gasteiger partial charge is 0.325 e. The first kappa shape index (κ1) is 16.4. The average Bonchev–Trinajstić information content (AvgIpc) is 3.28. The molecule has 4 rings (SSSR count). The van der Waals surface area contributed by atoms with Crippen molar-refractivity contribution >= 4 is 35.2 Å². The van der Waals surface area contributed by atoms with Crippen molar-refractivity contribution in [3.05, 3.63) is 36.4 Å². The fraction of sp³-hybridized carbons (Fsp3) is 0.421. The number of amides is 3. The van der Waals surface area contributed by atoms with Gasteiger partial charge in [-0.3, -0.25) is 19.3 Å². The van der Waals surface area contributed by atoms with Crippen LogP contribution in [0.15, 0.2) is 41.3 Å². The molecule has 130 valence electrons. The van der Waals surface area contributed by atoms with Gasteiger partial charge >= 0.3 is 0 Å². The molecule has 4 unspecified atom stereocenters. The summed E-state index contributed by atoms with van der Waals surface area (Å²) in [6.07, 6.45) is 7.15. The number of hydrogen-bond donors (Lipinski definition) is 1. The molecule has 1 N–H and O–H groups in total. The van der Waals surface area contributed by atoms with Crippen LogP contribution in [0.1, 0.15) is 12.8 Å². The van der Waals surface area contributed by atoms with Crippen LogP contribution in [-0.2, 0) is 14.4 Å². The lowest BCUT2D eigenvalue weighted by Gasteiger charge is -2.17. The van der Waals surface area contributed by atoms with Crippen molar-refractivity contribution in [3.63, 3.8) is 0 Å². The summed E-state index contributed by atoms with van der Waals surface area (Å²) in [5.74, 6) is -0.336. The van der Waals surface area contributed by atoms with Crippen LogP contribution in [0.2, 0.25) is 0 Å². The van der Waals surface area contributed by atoms with Gasteiger partial charge in [0.25, 0.3) is 0 Å². The molecule has 1 heterocycles. The van der Waals surface area contributed by atoms with E-state index in [0.29, 0.717) is 0 Å². The summed E-state index contributed by atoms with van der Waals surface area (Å²) in [6, 6.07) is 7.58. The van der Waals surface area contributed by atoms with E-state index in [0.717, 1.165) is 17.0 Å². The SMILES string of the molecule is CSc1ccccc1NC(=O)CCN1C(=O)C2C3C=CC(C3)C2C1=O. The Morgan fingerprint density at radius 3 is 2.44 bits per heavy atom. The highest BCUT2D eigenvalue weighted by Gasteiger charge is 2.58. The first-order chi connectivity index (χ1) is 12.1. The number of fused-ring (bicyclic) bond motifs is 5. The Labute approximate surface area is 150 Å². The molecule has 4 atom stereocenters. The van der Waals surface area contributed by atoms with Crippen LogP contribution in [-0.4, -0.2) is 35.4 Å². The van der Waals surface area contributed by atoms with E-state index in [4.69, 9.17) is 0 Å². The van der Waals surface area contributed by atoms with Gasteiger partial charge in [0.05, 0.1) is 17.5 Å². The summed E-state index contributed by atoms with van der Waals surface area (Å²) in [4.78, 5) is 39.7. The van der Waals surface area contributed by atoms with Crippen LogP contribution < -0.4 is 5.32 Å². The minimum Gasteiger partial charge on any atom is -0.325 e. The summed E-state index contributed by atoms with van der Waals surface area (Å²) in [6.45, 7) is 0.164. The first-order valence-electron chi connectivity index (χ1n) is 8.56. The topological polar surface area (TPSA) is 66.5 Å². The molecule has 0 spiro atoms. The van der Waals surface area contributed by atoms with E-state index in [1.807, 2.05) is 30.5 Å².